The van der Waals surface area contributed by atoms with Crippen LogP contribution in [-0.2, 0) is 14.3 Å². The molecule has 2 aromatic carbocycles. The molecule has 0 aliphatic carbocycles. The van der Waals surface area contributed by atoms with Gasteiger partial charge in [-0.05, 0) is 48.9 Å². The lowest BCUT2D eigenvalue weighted by molar-refractivity contribution is -0.142. The summed E-state index contributed by atoms with van der Waals surface area (Å²) in [5.41, 5.74) is 1.51. The van der Waals surface area contributed by atoms with Gasteiger partial charge in [-0.2, -0.15) is 5.26 Å². The molecule has 138 valence electrons. The molecule has 7 heteroatoms. The van der Waals surface area contributed by atoms with Crippen LogP contribution in [0.25, 0.3) is 6.08 Å². The van der Waals surface area contributed by atoms with Crippen molar-refractivity contribution in [1.29, 1.82) is 5.26 Å². The lowest BCUT2D eigenvalue weighted by atomic mass is 10.2. The Labute approximate surface area is 162 Å². The Morgan fingerprint density at radius 3 is 2.59 bits per heavy atom. The first kappa shape index (κ1) is 20.0. The number of hydrogen-bond acceptors (Lipinski definition) is 5. The molecule has 0 aromatic heterocycles. The fourth-order valence-corrected chi connectivity index (χ4v) is 2.29. The van der Waals surface area contributed by atoms with Gasteiger partial charge in [0.25, 0.3) is 5.91 Å². The zero-order valence-electron chi connectivity index (χ0n) is 14.6. The second-order valence-electron chi connectivity index (χ2n) is 5.30. The van der Waals surface area contributed by atoms with Gasteiger partial charge >= 0.3 is 5.97 Å². The predicted octanol–water partition coefficient (Wildman–Crippen LogP) is 3.81. The number of carbonyl (C=O) groups is 2. The number of nitriles is 1. The summed E-state index contributed by atoms with van der Waals surface area (Å²) in [6, 6.07) is 13.6. The molecule has 1 amide bonds. The lowest BCUT2D eigenvalue weighted by Crippen LogP contribution is -2.20. The van der Waals surface area contributed by atoms with Crippen molar-refractivity contribution in [3.63, 3.8) is 0 Å². The predicted molar refractivity (Wildman–Crippen MR) is 102 cm³/mol. The summed E-state index contributed by atoms with van der Waals surface area (Å²) >= 11 is 5.89. The first-order chi connectivity index (χ1) is 13.0. The summed E-state index contributed by atoms with van der Waals surface area (Å²) in [4.78, 5) is 23.5. The molecule has 0 radical (unpaired) electrons. The van der Waals surface area contributed by atoms with Gasteiger partial charge in [0.05, 0.1) is 17.2 Å². The summed E-state index contributed by atoms with van der Waals surface area (Å²) in [6.45, 7) is 2.04. The van der Waals surface area contributed by atoms with Gasteiger partial charge in [-0.25, -0.2) is 4.79 Å². The topological polar surface area (TPSA) is 88.4 Å². The Kier molecular flexibility index (Phi) is 7.41. The van der Waals surface area contributed by atoms with Crippen LogP contribution in [0.5, 0.6) is 5.75 Å². The molecule has 0 saturated heterocycles. The highest BCUT2D eigenvalue weighted by Crippen LogP contribution is 2.20. The molecular formula is C20H17ClN2O4. The van der Waals surface area contributed by atoms with Crippen LogP contribution in [-0.4, -0.2) is 25.1 Å². The van der Waals surface area contributed by atoms with Crippen LogP contribution >= 0.6 is 11.6 Å². The Hall–Kier alpha value is -3.30. The van der Waals surface area contributed by atoms with Gasteiger partial charge in [-0.15, -0.1) is 0 Å². The average molecular weight is 385 g/mol. The minimum Gasteiger partial charge on any atom is -0.494 e. The quantitative estimate of drug-likeness (QED) is 0.579. The maximum absolute atomic E-state index is 11.8. The van der Waals surface area contributed by atoms with Crippen molar-refractivity contribution in [2.45, 2.75) is 6.92 Å². The lowest BCUT2D eigenvalue weighted by Gasteiger charge is -2.06. The molecule has 0 spiro atoms. The molecule has 0 aliphatic rings. The van der Waals surface area contributed by atoms with E-state index in [1.54, 1.807) is 30.3 Å². The van der Waals surface area contributed by atoms with Crippen molar-refractivity contribution in [1.82, 2.24) is 0 Å². The summed E-state index contributed by atoms with van der Waals surface area (Å²) in [5, 5.41) is 11.6. The molecule has 0 unspecified atom stereocenters. The Morgan fingerprint density at radius 1 is 1.22 bits per heavy atom. The second kappa shape index (κ2) is 10.00. The van der Waals surface area contributed by atoms with Gasteiger partial charge in [0, 0.05) is 11.8 Å². The van der Waals surface area contributed by atoms with Crippen LogP contribution in [0.4, 0.5) is 5.69 Å². The Bertz CT molecular complexity index is 886. The number of esters is 1. The maximum Gasteiger partial charge on any atom is 0.331 e. The number of nitrogens with one attached hydrogen (secondary N) is 1. The van der Waals surface area contributed by atoms with Crippen molar-refractivity contribution >= 4 is 35.2 Å². The standard InChI is InChI=1S/C20H17ClN2O4/c1-2-26-17-8-3-14(4-9-17)5-10-20(25)27-13-19(24)23-16-7-6-15(12-22)18(21)11-16/h3-11H,2,13H2,1H3,(H,23,24)/b10-5+. The summed E-state index contributed by atoms with van der Waals surface area (Å²) in [7, 11) is 0. The van der Waals surface area contributed by atoms with Gasteiger partial charge in [0.2, 0.25) is 0 Å². The number of benzene rings is 2. The first-order valence-electron chi connectivity index (χ1n) is 8.09. The van der Waals surface area contributed by atoms with Crippen LogP contribution in [0.1, 0.15) is 18.1 Å². The summed E-state index contributed by atoms with van der Waals surface area (Å²) in [5.74, 6) is -0.410. The number of rotatable bonds is 7. The van der Waals surface area contributed by atoms with Crippen LogP contribution in [0.2, 0.25) is 5.02 Å². The van der Waals surface area contributed by atoms with Gasteiger partial charge in [0.1, 0.15) is 11.8 Å². The molecule has 0 saturated carbocycles. The van der Waals surface area contributed by atoms with Crippen molar-refractivity contribution in [3.8, 4) is 11.8 Å². The molecule has 0 bridgehead atoms. The minimum absolute atomic E-state index is 0.227. The van der Waals surface area contributed by atoms with Crippen molar-refractivity contribution in [2.75, 3.05) is 18.5 Å². The van der Waals surface area contributed by atoms with Crippen LogP contribution in [0.3, 0.4) is 0 Å². The highest BCUT2D eigenvalue weighted by Gasteiger charge is 2.07. The largest absolute Gasteiger partial charge is 0.494 e. The molecule has 0 atom stereocenters. The number of carbonyl (C=O) groups excluding carboxylic acids is 2. The average Bonchev–Trinajstić information content (AvgIpc) is 2.66. The SMILES string of the molecule is CCOc1ccc(/C=C/C(=O)OCC(=O)Nc2ccc(C#N)c(Cl)c2)cc1. The van der Waals surface area contributed by atoms with E-state index in [-0.39, 0.29) is 5.02 Å². The van der Waals surface area contributed by atoms with E-state index in [1.165, 1.54) is 24.3 Å². The van der Waals surface area contributed by atoms with Gasteiger partial charge in [-0.1, -0.05) is 23.7 Å². The van der Waals surface area contributed by atoms with Crippen LogP contribution < -0.4 is 10.1 Å². The number of hydrogen-bond donors (Lipinski definition) is 1. The normalized spacial score (nSPS) is 10.3. The number of ether oxygens (including phenoxy) is 2. The third-order valence-corrected chi connectivity index (χ3v) is 3.63. The number of halogens is 1. The molecule has 0 fully saturated rings. The van der Waals surface area contributed by atoms with Crippen LogP contribution in [0.15, 0.2) is 48.5 Å². The number of anilines is 1. The third-order valence-electron chi connectivity index (χ3n) is 3.32. The van der Waals surface area contributed by atoms with Gasteiger partial charge < -0.3 is 14.8 Å². The summed E-state index contributed by atoms with van der Waals surface area (Å²) in [6.07, 6.45) is 2.82. The van der Waals surface area contributed by atoms with Crippen molar-refractivity contribution in [2.24, 2.45) is 0 Å². The second-order valence-corrected chi connectivity index (χ2v) is 5.70. The highest BCUT2D eigenvalue weighted by molar-refractivity contribution is 6.32. The molecule has 6 nitrogen and oxygen atoms in total. The van der Waals surface area contributed by atoms with E-state index < -0.39 is 18.5 Å². The van der Waals surface area contributed by atoms with E-state index in [0.29, 0.717) is 17.9 Å². The fourth-order valence-electron chi connectivity index (χ4n) is 2.07. The van der Waals surface area contributed by atoms with Crippen LogP contribution in [0, 0.1) is 11.3 Å². The number of nitrogens with zero attached hydrogens (tertiary/aromatic N) is 1. The van der Waals surface area contributed by atoms with E-state index in [9.17, 15) is 9.59 Å². The molecule has 2 rings (SSSR count). The fraction of sp³-hybridized carbons (Fsp3) is 0.150. The van der Waals surface area contributed by atoms with E-state index in [0.717, 1.165) is 11.3 Å². The van der Waals surface area contributed by atoms with Crippen molar-refractivity contribution in [3.05, 3.63) is 64.7 Å². The first-order valence-corrected chi connectivity index (χ1v) is 8.47. The zero-order valence-corrected chi connectivity index (χ0v) is 15.3. The maximum atomic E-state index is 11.8. The highest BCUT2D eigenvalue weighted by atomic mass is 35.5. The molecule has 2 aromatic rings. The van der Waals surface area contributed by atoms with E-state index >= 15 is 0 Å². The Morgan fingerprint density at radius 2 is 1.96 bits per heavy atom. The summed E-state index contributed by atoms with van der Waals surface area (Å²) < 4.78 is 10.2. The smallest absolute Gasteiger partial charge is 0.331 e. The molecule has 27 heavy (non-hydrogen) atoms. The van der Waals surface area contributed by atoms with Gasteiger partial charge in [0.15, 0.2) is 6.61 Å². The molecule has 0 heterocycles. The number of amides is 1. The van der Waals surface area contributed by atoms with E-state index in [1.807, 2.05) is 13.0 Å². The van der Waals surface area contributed by atoms with E-state index in [4.69, 9.17) is 26.3 Å². The zero-order chi connectivity index (χ0) is 19.6. The van der Waals surface area contributed by atoms with Gasteiger partial charge in [-0.3, -0.25) is 4.79 Å². The minimum atomic E-state index is -0.642. The molecular weight excluding hydrogens is 368 g/mol. The molecule has 1 N–H and O–H groups in total. The van der Waals surface area contributed by atoms with Crippen molar-refractivity contribution < 1.29 is 19.1 Å². The third kappa shape index (κ3) is 6.49. The monoisotopic (exact) mass is 384 g/mol. The van der Waals surface area contributed by atoms with E-state index in [2.05, 4.69) is 5.32 Å². The molecule has 0 aliphatic heterocycles. The Balaban J connectivity index is 1.81.